The minimum absolute atomic E-state index is 0.0780. The lowest BCUT2D eigenvalue weighted by atomic mass is 10.2. The Kier molecular flexibility index (Phi) is 6.58. The summed E-state index contributed by atoms with van der Waals surface area (Å²) in [7, 11) is -3.43. The lowest BCUT2D eigenvalue weighted by Crippen LogP contribution is -2.32. The highest BCUT2D eigenvalue weighted by Crippen LogP contribution is 2.14. The van der Waals surface area contributed by atoms with Crippen LogP contribution in [0.25, 0.3) is 0 Å². The summed E-state index contributed by atoms with van der Waals surface area (Å²) in [5.74, 6) is -0.227. The maximum atomic E-state index is 12.1. The molecule has 0 saturated carbocycles. The van der Waals surface area contributed by atoms with Gasteiger partial charge in [0.1, 0.15) is 0 Å². The highest BCUT2D eigenvalue weighted by atomic mass is 35.5. The zero-order valence-electron chi connectivity index (χ0n) is 14.2. The van der Waals surface area contributed by atoms with Crippen molar-refractivity contribution in [3.8, 4) is 0 Å². The van der Waals surface area contributed by atoms with Crippen LogP contribution in [0.5, 0.6) is 0 Å². The first-order valence-corrected chi connectivity index (χ1v) is 10.0. The molecule has 5 nitrogen and oxygen atoms in total. The van der Waals surface area contributed by atoms with Gasteiger partial charge < -0.3 is 5.32 Å². The molecule has 0 aliphatic carbocycles. The molecule has 0 saturated heterocycles. The first-order valence-electron chi connectivity index (χ1n) is 7.80. The zero-order valence-corrected chi connectivity index (χ0v) is 15.8. The van der Waals surface area contributed by atoms with Gasteiger partial charge in [0.25, 0.3) is 0 Å². The van der Waals surface area contributed by atoms with Crippen LogP contribution in [-0.2, 0) is 21.4 Å². The quantitative estimate of drug-likeness (QED) is 0.800. The second kappa shape index (κ2) is 8.47. The van der Waals surface area contributed by atoms with Gasteiger partial charge in [-0.15, -0.1) is 0 Å². The van der Waals surface area contributed by atoms with Crippen LogP contribution in [0.4, 0.5) is 5.69 Å². The lowest BCUT2D eigenvalue weighted by Gasteiger charge is -2.20. The topological polar surface area (TPSA) is 66.5 Å². The number of nitrogens with zero attached hydrogens (tertiary/aromatic N) is 1. The average molecular weight is 381 g/mol. The number of sulfonamides is 1. The van der Waals surface area contributed by atoms with Crippen molar-refractivity contribution in [1.82, 2.24) is 4.31 Å². The molecule has 0 unspecified atom stereocenters. The summed E-state index contributed by atoms with van der Waals surface area (Å²) in [6, 6.07) is 14.4. The number of nitrogens with one attached hydrogen (secondary N) is 1. The number of aryl methyl sites for hydroxylation is 1. The van der Waals surface area contributed by atoms with Gasteiger partial charge in [0, 0.05) is 30.2 Å². The molecule has 1 amide bonds. The summed E-state index contributed by atoms with van der Waals surface area (Å²) < 4.78 is 25.3. The number of anilines is 1. The highest BCUT2D eigenvalue weighted by molar-refractivity contribution is 7.88. The van der Waals surface area contributed by atoms with Crippen molar-refractivity contribution in [3.05, 3.63) is 64.7 Å². The Balaban J connectivity index is 1.98. The van der Waals surface area contributed by atoms with Crippen LogP contribution >= 0.6 is 11.6 Å². The first kappa shape index (κ1) is 19.4. The van der Waals surface area contributed by atoms with Crippen LogP contribution in [0.1, 0.15) is 17.5 Å². The summed E-state index contributed by atoms with van der Waals surface area (Å²) in [5.41, 5.74) is 2.56. The summed E-state index contributed by atoms with van der Waals surface area (Å²) >= 11 is 5.84. The number of halogens is 1. The van der Waals surface area contributed by atoms with E-state index in [1.807, 2.05) is 25.1 Å². The van der Waals surface area contributed by atoms with Gasteiger partial charge in [-0.25, -0.2) is 8.42 Å². The zero-order chi connectivity index (χ0) is 18.4. The molecule has 25 heavy (non-hydrogen) atoms. The fraction of sp³-hybridized carbons (Fsp3) is 0.278. The van der Waals surface area contributed by atoms with E-state index in [9.17, 15) is 13.2 Å². The molecular formula is C18H21ClN2O3S. The monoisotopic (exact) mass is 380 g/mol. The van der Waals surface area contributed by atoms with E-state index in [1.54, 1.807) is 30.3 Å². The van der Waals surface area contributed by atoms with Gasteiger partial charge in [-0.1, -0.05) is 35.9 Å². The van der Waals surface area contributed by atoms with Gasteiger partial charge in [-0.2, -0.15) is 4.31 Å². The Labute approximate surface area is 153 Å². The van der Waals surface area contributed by atoms with Gasteiger partial charge in [0.2, 0.25) is 15.9 Å². The number of carbonyl (C=O) groups is 1. The molecule has 0 bridgehead atoms. The van der Waals surface area contributed by atoms with Crippen molar-refractivity contribution >= 4 is 33.2 Å². The van der Waals surface area contributed by atoms with E-state index in [4.69, 9.17) is 11.6 Å². The predicted octanol–water partition coefficient (Wildman–Crippen LogP) is 3.44. The van der Waals surface area contributed by atoms with Crippen molar-refractivity contribution in [3.63, 3.8) is 0 Å². The Bertz CT molecular complexity index is 836. The molecule has 2 rings (SSSR count). The van der Waals surface area contributed by atoms with E-state index < -0.39 is 10.0 Å². The Morgan fingerprint density at radius 2 is 1.84 bits per heavy atom. The van der Waals surface area contributed by atoms with Crippen molar-refractivity contribution in [1.29, 1.82) is 0 Å². The van der Waals surface area contributed by atoms with Crippen LogP contribution in [-0.4, -0.2) is 31.4 Å². The molecule has 0 atom stereocenters. The van der Waals surface area contributed by atoms with Crippen molar-refractivity contribution < 1.29 is 13.2 Å². The smallest absolute Gasteiger partial charge is 0.225 e. The van der Waals surface area contributed by atoms with E-state index in [-0.39, 0.29) is 25.4 Å². The molecule has 0 aliphatic rings. The van der Waals surface area contributed by atoms with Crippen LogP contribution < -0.4 is 5.32 Å². The molecule has 0 aromatic heterocycles. The summed E-state index contributed by atoms with van der Waals surface area (Å²) in [6.45, 7) is 2.25. The van der Waals surface area contributed by atoms with Crippen LogP contribution in [0.3, 0.4) is 0 Å². The first-order chi connectivity index (χ1) is 11.7. The average Bonchev–Trinajstić information content (AvgIpc) is 2.52. The Hall–Kier alpha value is -1.89. The molecule has 0 aliphatic heterocycles. The fourth-order valence-electron chi connectivity index (χ4n) is 2.33. The van der Waals surface area contributed by atoms with Crippen LogP contribution in [0, 0.1) is 6.92 Å². The molecule has 0 radical (unpaired) electrons. The second-order valence-corrected chi connectivity index (χ2v) is 8.31. The Morgan fingerprint density at radius 1 is 1.16 bits per heavy atom. The second-order valence-electron chi connectivity index (χ2n) is 5.89. The third-order valence-corrected chi connectivity index (χ3v) is 5.13. The van der Waals surface area contributed by atoms with E-state index >= 15 is 0 Å². The number of hydrogen-bond donors (Lipinski definition) is 1. The van der Waals surface area contributed by atoms with E-state index in [0.717, 1.165) is 17.4 Å². The summed E-state index contributed by atoms with van der Waals surface area (Å²) in [5, 5.41) is 3.37. The van der Waals surface area contributed by atoms with Gasteiger partial charge in [-0.3, -0.25) is 4.79 Å². The predicted molar refractivity (Wildman–Crippen MR) is 101 cm³/mol. The number of hydrogen-bond acceptors (Lipinski definition) is 3. The SMILES string of the molecule is Cc1cccc(NC(=O)CCN(Cc2ccc(Cl)cc2)S(C)(=O)=O)c1. The third kappa shape index (κ3) is 6.49. The molecular weight excluding hydrogens is 360 g/mol. The van der Waals surface area contributed by atoms with Crippen LogP contribution in [0.15, 0.2) is 48.5 Å². The Morgan fingerprint density at radius 3 is 2.44 bits per heavy atom. The molecule has 0 spiro atoms. The highest BCUT2D eigenvalue weighted by Gasteiger charge is 2.18. The maximum Gasteiger partial charge on any atom is 0.225 e. The van der Waals surface area contributed by atoms with Crippen LogP contribution in [0.2, 0.25) is 5.02 Å². The molecule has 2 aromatic rings. The summed E-state index contributed by atoms with van der Waals surface area (Å²) in [4.78, 5) is 12.1. The lowest BCUT2D eigenvalue weighted by molar-refractivity contribution is -0.116. The normalized spacial score (nSPS) is 11.5. The number of carbonyl (C=O) groups excluding carboxylic acids is 1. The number of benzene rings is 2. The van der Waals surface area contributed by atoms with Gasteiger partial charge in [-0.05, 0) is 42.3 Å². The van der Waals surface area contributed by atoms with E-state index in [2.05, 4.69) is 5.32 Å². The summed E-state index contributed by atoms with van der Waals surface area (Å²) in [6.07, 6.45) is 1.22. The maximum absolute atomic E-state index is 12.1. The van der Waals surface area contributed by atoms with Crippen molar-refractivity contribution in [2.24, 2.45) is 0 Å². The van der Waals surface area contributed by atoms with Gasteiger partial charge in [0.15, 0.2) is 0 Å². The minimum Gasteiger partial charge on any atom is -0.326 e. The molecule has 134 valence electrons. The molecule has 1 N–H and O–H groups in total. The van der Waals surface area contributed by atoms with E-state index in [1.165, 1.54) is 4.31 Å². The molecule has 0 heterocycles. The van der Waals surface area contributed by atoms with Gasteiger partial charge in [0.05, 0.1) is 6.26 Å². The standard InChI is InChI=1S/C18H21ClN2O3S/c1-14-4-3-5-17(12-14)20-18(22)10-11-21(25(2,23)24)13-15-6-8-16(19)9-7-15/h3-9,12H,10-11,13H2,1-2H3,(H,20,22). The number of amides is 1. The van der Waals surface area contributed by atoms with E-state index in [0.29, 0.717) is 10.7 Å². The largest absolute Gasteiger partial charge is 0.326 e. The fourth-order valence-corrected chi connectivity index (χ4v) is 3.26. The van der Waals surface area contributed by atoms with Crippen molar-refractivity contribution in [2.75, 3.05) is 18.1 Å². The molecule has 0 fully saturated rings. The third-order valence-electron chi connectivity index (χ3n) is 3.63. The minimum atomic E-state index is -3.43. The number of rotatable bonds is 7. The van der Waals surface area contributed by atoms with Crippen molar-refractivity contribution in [2.45, 2.75) is 19.9 Å². The van der Waals surface area contributed by atoms with Gasteiger partial charge >= 0.3 is 0 Å². The molecule has 7 heteroatoms. The molecule has 2 aromatic carbocycles.